The van der Waals surface area contributed by atoms with Crippen LogP contribution in [0.5, 0.6) is 0 Å². The van der Waals surface area contributed by atoms with Gasteiger partial charge in [-0.15, -0.1) is 0 Å². The van der Waals surface area contributed by atoms with Crippen LogP contribution in [0.3, 0.4) is 0 Å². The Kier molecular flexibility index (Phi) is 3.29. The smallest absolute Gasteiger partial charge is 0.331 e. The van der Waals surface area contributed by atoms with Crippen molar-refractivity contribution in [1.29, 1.82) is 0 Å². The average Bonchev–Trinajstić information content (AvgIpc) is 2.99. The maximum Gasteiger partial charge on any atom is 0.331 e. The first-order valence-electron chi connectivity index (χ1n) is 8.61. The number of carbonyl (C=O) groups excluding carboxylic acids is 2. The molecule has 0 radical (unpaired) electrons. The minimum Gasteiger partial charge on any atom is -0.428 e. The van der Waals surface area contributed by atoms with E-state index >= 15 is 0 Å². The predicted molar refractivity (Wildman–Crippen MR) is 94.0 cm³/mol. The summed E-state index contributed by atoms with van der Waals surface area (Å²) in [7, 11) is 0. The highest BCUT2D eigenvalue weighted by Gasteiger charge is 2.64. The molecule has 0 aliphatic carbocycles. The van der Waals surface area contributed by atoms with Crippen molar-refractivity contribution in [2.75, 3.05) is 0 Å². The van der Waals surface area contributed by atoms with Crippen LogP contribution >= 0.6 is 0 Å². The molecule has 4 heteroatoms. The van der Waals surface area contributed by atoms with E-state index in [9.17, 15) is 9.59 Å². The molecule has 2 atom stereocenters. The van der Waals surface area contributed by atoms with Crippen LogP contribution in [0.1, 0.15) is 46.5 Å². The third-order valence-electron chi connectivity index (χ3n) is 5.24. The lowest BCUT2D eigenvalue weighted by Gasteiger charge is -2.34. The number of hydrogen-bond acceptors (Lipinski definition) is 3. The summed E-state index contributed by atoms with van der Waals surface area (Å²) >= 11 is 0. The van der Waals surface area contributed by atoms with Crippen LogP contribution in [0.2, 0.25) is 0 Å². The van der Waals surface area contributed by atoms with Gasteiger partial charge < -0.3 is 4.74 Å². The van der Waals surface area contributed by atoms with Crippen LogP contribution in [0.15, 0.2) is 42.5 Å². The van der Waals surface area contributed by atoms with Crippen molar-refractivity contribution in [3.05, 3.63) is 70.3 Å². The molecule has 0 bridgehead atoms. The zero-order valence-corrected chi connectivity index (χ0v) is 14.9. The van der Waals surface area contributed by atoms with E-state index in [1.807, 2.05) is 70.2 Å². The minimum atomic E-state index is -1.16. The molecule has 2 aliphatic rings. The van der Waals surface area contributed by atoms with Gasteiger partial charge in [-0.05, 0) is 37.5 Å². The van der Waals surface area contributed by atoms with Crippen molar-refractivity contribution in [3.8, 4) is 0 Å². The summed E-state index contributed by atoms with van der Waals surface area (Å²) in [5, 5.41) is 0. The predicted octanol–water partition coefficient (Wildman–Crippen LogP) is 3.54. The summed E-state index contributed by atoms with van der Waals surface area (Å²) in [6.07, 6.45) is 0. The van der Waals surface area contributed by atoms with E-state index < -0.39 is 11.8 Å². The highest BCUT2D eigenvalue weighted by Crippen LogP contribution is 2.52. The molecule has 0 aromatic heterocycles. The molecule has 1 amide bonds. The number of ether oxygens (including phenoxy) is 1. The van der Waals surface area contributed by atoms with E-state index in [1.54, 1.807) is 4.90 Å². The van der Waals surface area contributed by atoms with Crippen LogP contribution in [0, 0.1) is 19.8 Å². The quantitative estimate of drug-likeness (QED) is 0.789. The van der Waals surface area contributed by atoms with Crippen LogP contribution in [-0.4, -0.2) is 22.8 Å². The summed E-state index contributed by atoms with van der Waals surface area (Å²) in [4.78, 5) is 27.6. The Morgan fingerprint density at radius 2 is 1.76 bits per heavy atom. The van der Waals surface area contributed by atoms with E-state index in [0.717, 1.165) is 22.3 Å². The number of carbonyl (C=O) groups is 2. The SMILES string of the molecule is Cc1ccc2c(c1)[C@@]1(c3ccccc3C)OC(=O)[C@H](C(C)C)N1C2=O. The highest BCUT2D eigenvalue weighted by atomic mass is 16.6. The number of hydrogen-bond donors (Lipinski definition) is 0. The van der Waals surface area contributed by atoms with Gasteiger partial charge in [0.05, 0.1) is 0 Å². The molecular formula is C21H21NO3. The van der Waals surface area contributed by atoms with Crippen LogP contribution in [0.25, 0.3) is 0 Å². The van der Waals surface area contributed by atoms with Gasteiger partial charge in [-0.2, -0.15) is 0 Å². The topological polar surface area (TPSA) is 46.6 Å². The van der Waals surface area contributed by atoms with Crippen LogP contribution < -0.4 is 0 Å². The molecule has 1 fully saturated rings. The molecule has 4 nitrogen and oxygen atoms in total. The molecule has 4 rings (SSSR count). The van der Waals surface area contributed by atoms with Gasteiger partial charge in [-0.25, -0.2) is 4.79 Å². The van der Waals surface area contributed by atoms with Gasteiger partial charge in [0.25, 0.3) is 5.91 Å². The zero-order chi connectivity index (χ0) is 17.9. The number of fused-ring (bicyclic) bond motifs is 3. The fourth-order valence-corrected chi connectivity index (χ4v) is 4.12. The maximum absolute atomic E-state index is 13.2. The normalized spacial score (nSPS) is 24.5. The summed E-state index contributed by atoms with van der Waals surface area (Å²) < 4.78 is 6.03. The van der Waals surface area contributed by atoms with Gasteiger partial charge in [-0.3, -0.25) is 9.69 Å². The largest absolute Gasteiger partial charge is 0.428 e. The third-order valence-corrected chi connectivity index (χ3v) is 5.24. The number of amides is 1. The Morgan fingerprint density at radius 3 is 2.44 bits per heavy atom. The van der Waals surface area contributed by atoms with Crippen LogP contribution in [-0.2, 0) is 15.3 Å². The molecule has 2 aliphatic heterocycles. The molecule has 2 heterocycles. The lowest BCUT2D eigenvalue weighted by atomic mass is 9.89. The van der Waals surface area contributed by atoms with Gasteiger partial charge in [0.15, 0.2) is 0 Å². The van der Waals surface area contributed by atoms with E-state index in [-0.39, 0.29) is 17.8 Å². The number of aryl methyl sites for hydroxylation is 2. The second-order valence-corrected chi connectivity index (χ2v) is 7.29. The molecule has 0 N–H and O–H groups in total. The van der Waals surface area contributed by atoms with E-state index in [4.69, 9.17) is 4.74 Å². The summed E-state index contributed by atoms with van der Waals surface area (Å²) in [5.41, 5.74) is 3.10. The molecular weight excluding hydrogens is 314 g/mol. The second-order valence-electron chi connectivity index (χ2n) is 7.29. The van der Waals surface area contributed by atoms with Crippen molar-refractivity contribution in [1.82, 2.24) is 4.90 Å². The Labute approximate surface area is 147 Å². The highest BCUT2D eigenvalue weighted by molar-refractivity contribution is 6.04. The molecule has 0 spiro atoms. The Hall–Kier alpha value is -2.62. The maximum atomic E-state index is 13.2. The van der Waals surface area contributed by atoms with Crippen molar-refractivity contribution in [2.45, 2.75) is 39.5 Å². The number of nitrogens with zero attached hydrogens (tertiary/aromatic N) is 1. The number of benzene rings is 2. The molecule has 25 heavy (non-hydrogen) atoms. The lowest BCUT2D eigenvalue weighted by molar-refractivity contribution is -0.149. The zero-order valence-electron chi connectivity index (χ0n) is 14.9. The Morgan fingerprint density at radius 1 is 1.04 bits per heavy atom. The second kappa shape index (κ2) is 5.19. The van der Waals surface area contributed by atoms with Gasteiger partial charge in [-0.1, -0.05) is 49.7 Å². The van der Waals surface area contributed by atoms with Crippen LogP contribution in [0.4, 0.5) is 0 Å². The minimum absolute atomic E-state index is 0.0299. The molecule has 128 valence electrons. The van der Waals surface area contributed by atoms with Crippen molar-refractivity contribution in [2.24, 2.45) is 5.92 Å². The molecule has 2 aromatic carbocycles. The van der Waals surface area contributed by atoms with E-state index in [2.05, 4.69) is 0 Å². The van der Waals surface area contributed by atoms with Crippen molar-refractivity contribution >= 4 is 11.9 Å². The third kappa shape index (κ3) is 1.94. The molecule has 0 saturated carbocycles. The monoisotopic (exact) mass is 335 g/mol. The first-order chi connectivity index (χ1) is 11.9. The summed E-state index contributed by atoms with van der Waals surface area (Å²) in [6.45, 7) is 7.86. The van der Waals surface area contributed by atoms with Crippen molar-refractivity contribution < 1.29 is 14.3 Å². The van der Waals surface area contributed by atoms with Gasteiger partial charge in [0.2, 0.25) is 5.72 Å². The summed E-state index contributed by atoms with van der Waals surface area (Å²) in [5.74, 6) is -0.501. The van der Waals surface area contributed by atoms with Gasteiger partial charge in [0.1, 0.15) is 6.04 Å². The molecule has 0 unspecified atom stereocenters. The van der Waals surface area contributed by atoms with Gasteiger partial charge >= 0.3 is 5.97 Å². The average molecular weight is 335 g/mol. The Balaban J connectivity index is 2.07. The fourth-order valence-electron chi connectivity index (χ4n) is 4.12. The number of esters is 1. The molecule has 1 saturated heterocycles. The van der Waals surface area contributed by atoms with E-state index in [1.165, 1.54) is 0 Å². The molecule has 2 aromatic rings. The first-order valence-corrected chi connectivity index (χ1v) is 8.61. The summed E-state index contributed by atoms with van der Waals surface area (Å²) in [6, 6.07) is 13.0. The first kappa shape index (κ1) is 15.9. The number of rotatable bonds is 2. The standard InChI is InChI=1S/C21H21NO3/c1-12(2)18-20(24)25-21(16-8-6-5-7-14(16)4)17-11-13(3)9-10-15(17)19(23)22(18)21/h5-12,18H,1-4H3/t18-,21+/m0/s1. The van der Waals surface area contributed by atoms with E-state index in [0.29, 0.717) is 5.56 Å². The lowest BCUT2D eigenvalue weighted by Crippen LogP contribution is -2.47. The fraction of sp³-hybridized carbons (Fsp3) is 0.333. The Bertz CT molecular complexity index is 902. The van der Waals surface area contributed by atoms with Gasteiger partial charge in [0, 0.05) is 16.7 Å². The van der Waals surface area contributed by atoms with Crippen molar-refractivity contribution in [3.63, 3.8) is 0 Å².